The van der Waals surface area contributed by atoms with Gasteiger partial charge in [-0.05, 0) is 26.0 Å². The van der Waals surface area contributed by atoms with Gasteiger partial charge in [0, 0.05) is 42.4 Å². The Morgan fingerprint density at radius 1 is 1.23 bits per heavy atom. The molecular formula is C18H22N6OS. The van der Waals surface area contributed by atoms with Crippen molar-refractivity contribution < 1.29 is 4.55 Å². The molecule has 3 heterocycles. The van der Waals surface area contributed by atoms with E-state index in [0.29, 0.717) is 5.75 Å². The van der Waals surface area contributed by atoms with E-state index in [-0.39, 0.29) is 5.95 Å². The summed E-state index contributed by atoms with van der Waals surface area (Å²) >= 11 is -0.913. The Morgan fingerprint density at radius 2 is 2.00 bits per heavy atom. The number of nitrogens with two attached hydrogens (primary N) is 1. The summed E-state index contributed by atoms with van der Waals surface area (Å²) in [6.45, 7) is 6.71. The Labute approximate surface area is 157 Å². The zero-order valence-electron chi connectivity index (χ0n) is 15.0. The van der Waals surface area contributed by atoms with Gasteiger partial charge in [0.1, 0.15) is 11.6 Å². The standard InChI is InChI=1S/C18H22N6OS/c1-3-26(25)24-11-9-23(10-12-24)17-16(14(2)21-18(19)22-17)7-6-15-5-4-8-20-13-15/h4-5,8,13H,3,9-12H2,1-2H3,(H2,19,21,22). The summed E-state index contributed by atoms with van der Waals surface area (Å²) in [5.41, 5.74) is 8.23. The van der Waals surface area contributed by atoms with E-state index in [1.807, 2.05) is 30.3 Å². The summed E-state index contributed by atoms with van der Waals surface area (Å²) in [5.74, 6) is 7.92. The molecule has 2 aromatic rings. The van der Waals surface area contributed by atoms with Gasteiger partial charge in [-0.25, -0.2) is 4.98 Å². The van der Waals surface area contributed by atoms with Crippen LogP contribution in [0, 0.1) is 18.8 Å². The molecule has 0 aromatic carbocycles. The number of piperazine rings is 1. The van der Waals surface area contributed by atoms with Gasteiger partial charge < -0.3 is 15.2 Å². The zero-order chi connectivity index (χ0) is 18.5. The van der Waals surface area contributed by atoms with Crippen molar-refractivity contribution in [3.05, 3.63) is 41.3 Å². The fraction of sp³-hybridized carbons (Fsp3) is 0.389. The highest BCUT2D eigenvalue weighted by Gasteiger charge is 2.27. The van der Waals surface area contributed by atoms with Crippen LogP contribution in [-0.2, 0) is 11.4 Å². The SMILES string of the molecule is CC[S+]([O-])N1CCN(c2nc(N)nc(C)c2C#Cc2cccnc2)CC1. The van der Waals surface area contributed by atoms with Crippen molar-refractivity contribution in [2.45, 2.75) is 13.8 Å². The van der Waals surface area contributed by atoms with Gasteiger partial charge in [0.05, 0.1) is 24.3 Å². The summed E-state index contributed by atoms with van der Waals surface area (Å²) in [5, 5.41) is 0. The van der Waals surface area contributed by atoms with Gasteiger partial charge in [-0.15, -0.1) is 4.31 Å². The van der Waals surface area contributed by atoms with Gasteiger partial charge >= 0.3 is 0 Å². The predicted octanol–water partition coefficient (Wildman–Crippen LogP) is 0.968. The third-order valence-electron chi connectivity index (χ3n) is 4.15. The number of pyridine rings is 1. The highest BCUT2D eigenvalue weighted by Crippen LogP contribution is 2.23. The van der Waals surface area contributed by atoms with Crippen molar-refractivity contribution >= 4 is 23.1 Å². The maximum atomic E-state index is 12.0. The van der Waals surface area contributed by atoms with Crippen LogP contribution >= 0.6 is 0 Å². The number of hydrogen-bond acceptors (Lipinski definition) is 7. The lowest BCUT2D eigenvalue weighted by molar-refractivity contribution is 0.384. The molecule has 1 fully saturated rings. The average Bonchev–Trinajstić information content (AvgIpc) is 2.67. The molecule has 2 N–H and O–H groups in total. The van der Waals surface area contributed by atoms with Crippen molar-refractivity contribution in [2.75, 3.05) is 42.6 Å². The van der Waals surface area contributed by atoms with Crippen molar-refractivity contribution in [1.82, 2.24) is 19.3 Å². The minimum absolute atomic E-state index is 0.240. The topological polar surface area (TPSA) is 94.2 Å². The molecule has 7 nitrogen and oxygen atoms in total. The van der Waals surface area contributed by atoms with Gasteiger partial charge in [-0.2, -0.15) is 4.98 Å². The van der Waals surface area contributed by atoms with Crippen molar-refractivity contribution in [2.24, 2.45) is 0 Å². The molecule has 1 atom stereocenters. The largest absolute Gasteiger partial charge is 0.598 e. The molecule has 0 saturated carbocycles. The smallest absolute Gasteiger partial charge is 0.222 e. The molecular weight excluding hydrogens is 348 g/mol. The fourth-order valence-electron chi connectivity index (χ4n) is 2.81. The molecule has 136 valence electrons. The first kappa shape index (κ1) is 18.5. The van der Waals surface area contributed by atoms with Crippen LogP contribution in [0.15, 0.2) is 24.5 Å². The number of aryl methyl sites for hydroxylation is 1. The second-order valence-electron chi connectivity index (χ2n) is 5.88. The van der Waals surface area contributed by atoms with E-state index in [1.165, 1.54) is 0 Å². The fourth-order valence-corrected chi connectivity index (χ4v) is 3.75. The maximum absolute atomic E-state index is 12.0. The number of nitrogen functional groups attached to an aromatic ring is 1. The van der Waals surface area contributed by atoms with Crippen LogP contribution in [0.2, 0.25) is 0 Å². The molecule has 0 radical (unpaired) electrons. The van der Waals surface area contributed by atoms with Crippen LogP contribution in [0.25, 0.3) is 0 Å². The van der Waals surface area contributed by atoms with Gasteiger partial charge in [-0.1, -0.05) is 11.8 Å². The number of rotatable bonds is 3. The van der Waals surface area contributed by atoms with Crippen LogP contribution in [0.3, 0.4) is 0 Å². The van der Waals surface area contributed by atoms with Gasteiger partial charge in [-0.3, -0.25) is 4.98 Å². The van der Waals surface area contributed by atoms with E-state index in [1.54, 1.807) is 12.4 Å². The molecule has 26 heavy (non-hydrogen) atoms. The summed E-state index contributed by atoms with van der Waals surface area (Å²) in [6.07, 6.45) is 3.44. The molecule has 0 amide bonds. The molecule has 8 heteroatoms. The Balaban J connectivity index is 1.87. The highest BCUT2D eigenvalue weighted by atomic mass is 32.2. The minimum atomic E-state index is -0.913. The van der Waals surface area contributed by atoms with Crippen LogP contribution < -0.4 is 10.6 Å². The Hall–Kier alpha value is -2.34. The molecule has 1 unspecified atom stereocenters. The van der Waals surface area contributed by atoms with Crippen LogP contribution in [0.1, 0.15) is 23.7 Å². The third-order valence-corrected chi connectivity index (χ3v) is 5.59. The maximum Gasteiger partial charge on any atom is 0.222 e. The quantitative estimate of drug-likeness (QED) is 0.635. The van der Waals surface area contributed by atoms with Gasteiger partial charge in [0.2, 0.25) is 5.95 Å². The van der Waals surface area contributed by atoms with Crippen LogP contribution in [0.4, 0.5) is 11.8 Å². The second kappa shape index (κ2) is 8.36. The van der Waals surface area contributed by atoms with Crippen molar-refractivity contribution in [3.63, 3.8) is 0 Å². The third kappa shape index (κ3) is 4.25. The average molecular weight is 370 g/mol. The lowest BCUT2D eigenvalue weighted by Gasteiger charge is -2.35. The number of nitrogens with zero attached hydrogens (tertiary/aromatic N) is 5. The van der Waals surface area contributed by atoms with E-state index in [0.717, 1.165) is 48.8 Å². The Bertz CT molecular complexity index is 812. The normalized spacial score (nSPS) is 16.0. The molecule has 0 aliphatic carbocycles. The first-order valence-corrected chi connectivity index (χ1v) is 9.80. The highest BCUT2D eigenvalue weighted by molar-refractivity contribution is 7.89. The number of hydrogen-bond donors (Lipinski definition) is 1. The van der Waals surface area contributed by atoms with E-state index >= 15 is 0 Å². The van der Waals surface area contributed by atoms with E-state index < -0.39 is 11.4 Å². The predicted molar refractivity (Wildman–Crippen MR) is 104 cm³/mol. The summed E-state index contributed by atoms with van der Waals surface area (Å²) in [6, 6.07) is 3.76. The van der Waals surface area contributed by atoms with Crippen LogP contribution in [-0.4, -0.2) is 55.7 Å². The lowest BCUT2D eigenvalue weighted by Crippen LogP contribution is -2.49. The van der Waals surface area contributed by atoms with E-state index in [4.69, 9.17) is 5.73 Å². The lowest BCUT2D eigenvalue weighted by atomic mass is 10.1. The Morgan fingerprint density at radius 3 is 2.65 bits per heavy atom. The van der Waals surface area contributed by atoms with Gasteiger partial charge in [0.25, 0.3) is 0 Å². The second-order valence-corrected chi connectivity index (χ2v) is 7.62. The molecule has 1 aliphatic rings. The van der Waals surface area contributed by atoms with Crippen molar-refractivity contribution in [3.8, 4) is 11.8 Å². The molecule has 1 aliphatic heterocycles. The number of anilines is 2. The first-order valence-electron chi connectivity index (χ1n) is 8.53. The monoisotopic (exact) mass is 370 g/mol. The molecule has 2 aromatic heterocycles. The zero-order valence-corrected chi connectivity index (χ0v) is 15.8. The van der Waals surface area contributed by atoms with E-state index in [2.05, 4.69) is 31.7 Å². The Kier molecular flexibility index (Phi) is 5.93. The minimum Gasteiger partial charge on any atom is -0.598 e. The summed E-state index contributed by atoms with van der Waals surface area (Å²) < 4.78 is 14.0. The van der Waals surface area contributed by atoms with Gasteiger partial charge in [0.15, 0.2) is 0 Å². The molecule has 0 spiro atoms. The molecule has 3 rings (SSSR count). The summed E-state index contributed by atoms with van der Waals surface area (Å²) in [7, 11) is 0. The first-order chi connectivity index (χ1) is 12.6. The summed E-state index contributed by atoms with van der Waals surface area (Å²) in [4.78, 5) is 14.9. The van der Waals surface area contributed by atoms with Crippen LogP contribution in [0.5, 0.6) is 0 Å². The number of aromatic nitrogens is 3. The van der Waals surface area contributed by atoms with Crippen molar-refractivity contribution in [1.29, 1.82) is 0 Å². The molecule has 0 bridgehead atoms. The molecule has 1 saturated heterocycles. The van der Waals surface area contributed by atoms with E-state index in [9.17, 15) is 4.55 Å².